The molecule has 0 aliphatic rings. The monoisotopic (exact) mass is 372 g/mol. The summed E-state index contributed by atoms with van der Waals surface area (Å²) in [6.45, 7) is 0. The molecule has 0 radical (unpaired) electrons. The second-order valence-corrected chi connectivity index (χ2v) is 6.20. The molecule has 0 aromatic heterocycles. The zero-order valence-electron chi connectivity index (χ0n) is 11.8. The number of amides is 1. The molecule has 0 aliphatic heterocycles. The predicted molar refractivity (Wildman–Crippen MR) is 94.6 cm³/mol. The minimum Gasteiger partial charge on any atom is -0.321 e. The van der Waals surface area contributed by atoms with E-state index in [4.69, 9.17) is 0 Å². The molecule has 0 spiro atoms. The van der Waals surface area contributed by atoms with Crippen molar-refractivity contribution in [2.45, 2.75) is 4.90 Å². The van der Waals surface area contributed by atoms with Gasteiger partial charge < -0.3 is 5.32 Å². The molecule has 2 aromatic rings. The number of carbonyl (C=O) groups excluding carboxylic acids is 1. The molecule has 1 N–H and O–H groups in total. The fourth-order valence-electron chi connectivity index (χ4n) is 1.78. The van der Waals surface area contributed by atoms with Crippen LogP contribution in [0.5, 0.6) is 0 Å². The fourth-order valence-corrected chi connectivity index (χ4v) is 2.59. The molecule has 3 nitrogen and oxygen atoms in total. The van der Waals surface area contributed by atoms with E-state index in [0.29, 0.717) is 5.69 Å². The summed E-state index contributed by atoms with van der Waals surface area (Å²) in [4.78, 5) is 13.3. The van der Waals surface area contributed by atoms with Crippen molar-refractivity contribution in [1.82, 2.24) is 0 Å². The van der Waals surface area contributed by atoms with E-state index in [9.17, 15) is 10.1 Å². The highest BCUT2D eigenvalue weighted by Gasteiger charge is 2.09. The van der Waals surface area contributed by atoms with Crippen molar-refractivity contribution in [3.05, 3.63) is 64.1 Å². The van der Waals surface area contributed by atoms with Crippen LogP contribution in [-0.2, 0) is 4.79 Å². The van der Waals surface area contributed by atoms with Crippen molar-refractivity contribution < 1.29 is 4.79 Å². The minimum atomic E-state index is -0.422. The van der Waals surface area contributed by atoms with Crippen molar-refractivity contribution >= 4 is 45.4 Å². The van der Waals surface area contributed by atoms with Crippen LogP contribution in [0.1, 0.15) is 5.56 Å². The van der Waals surface area contributed by atoms with E-state index in [1.54, 1.807) is 30.0 Å². The quantitative estimate of drug-likeness (QED) is 0.480. The summed E-state index contributed by atoms with van der Waals surface area (Å²) in [5.41, 5.74) is 1.52. The lowest BCUT2D eigenvalue weighted by molar-refractivity contribution is -0.112. The second kappa shape index (κ2) is 7.83. The highest BCUT2D eigenvalue weighted by Crippen LogP contribution is 2.18. The highest BCUT2D eigenvalue weighted by molar-refractivity contribution is 9.10. The first-order valence-corrected chi connectivity index (χ1v) is 8.47. The van der Waals surface area contributed by atoms with Crippen molar-refractivity contribution in [3.8, 4) is 6.07 Å². The Labute approximate surface area is 142 Å². The van der Waals surface area contributed by atoms with E-state index in [0.717, 1.165) is 14.9 Å². The maximum absolute atomic E-state index is 12.2. The predicted octanol–water partition coefficient (Wildman–Crippen LogP) is 4.72. The molecule has 22 heavy (non-hydrogen) atoms. The molecule has 0 unspecified atom stereocenters. The Hall–Kier alpha value is -2.03. The number of hydrogen-bond acceptors (Lipinski definition) is 3. The third-order valence-electron chi connectivity index (χ3n) is 2.87. The van der Waals surface area contributed by atoms with Crippen LogP contribution in [0.25, 0.3) is 6.08 Å². The summed E-state index contributed by atoms with van der Waals surface area (Å²) in [6.07, 6.45) is 3.58. The van der Waals surface area contributed by atoms with Gasteiger partial charge in [0.05, 0.1) is 0 Å². The van der Waals surface area contributed by atoms with Crippen LogP contribution in [0.2, 0.25) is 0 Å². The second-order valence-electron chi connectivity index (χ2n) is 4.41. The van der Waals surface area contributed by atoms with Crippen LogP contribution in [0.4, 0.5) is 5.69 Å². The van der Waals surface area contributed by atoms with Crippen LogP contribution < -0.4 is 5.32 Å². The SMILES string of the molecule is CSc1ccc(/C=C(\C#N)C(=O)Nc2cccc(Br)c2)cc1. The van der Waals surface area contributed by atoms with Crippen LogP contribution in [-0.4, -0.2) is 12.2 Å². The van der Waals surface area contributed by atoms with E-state index < -0.39 is 5.91 Å². The van der Waals surface area contributed by atoms with Gasteiger partial charge in [-0.15, -0.1) is 11.8 Å². The van der Waals surface area contributed by atoms with Crippen molar-refractivity contribution in [1.29, 1.82) is 5.26 Å². The molecule has 5 heteroatoms. The molecular weight excluding hydrogens is 360 g/mol. The first-order chi connectivity index (χ1) is 10.6. The molecule has 0 saturated heterocycles. The van der Waals surface area contributed by atoms with Crippen molar-refractivity contribution in [2.75, 3.05) is 11.6 Å². The Morgan fingerprint density at radius 1 is 1.27 bits per heavy atom. The third kappa shape index (κ3) is 4.48. The van der Waals surface area contributed by atoms with Gasteiger partial charge in [-0.2, -0.15) is 5.26 Å². The first-order valence-electron chi connectivity index (χ1n) is 6.45. The van der Waals surface area contributed by atoms with E-state index >= 15 is 0 Å². The molecule has 0 fully saturated rings. The average molecular weight is 373 g/mol. The molecule has 1 amide bonds. The molecule has 0 bridgehead atoms. The van der Waals surface area contributed by atoms with Gasteiger partial charge in [-0.1, -0.05) is 34.1 Å². The number of nitrogens with zero attached hydrogens (tertiary/aromatic N) is 1. The zero-order valence-corrected chi connectivity index (χ0v) is 14.2. The Kier molecular flexibility index (Phi) is 5.82. The van der Waals surface area contributed by atoms with Gasteiger partial charge in [0.1, 0.15) is 11.6 Å². The highest BCUT2D eigenvalue weighted by atomic mass is 79.9. The number of nitriles is 1. The summed E-state index contributed by atoms with van der Waals surface area (Å²) < 4.78 is 0.862. The van der Waals surface area contributed by atoms with E-state index in [2.05, 4.69) is 21.2 Å². The maximum atomic E-state index is 12.2. The number of halogens is 1. The molecule has 2 rings (SSSR count). The van der Waals surface area contributed by atoms with Gasteiger partial charge in [-0.05, 0) is 48.2 Å². The normalized spacial score (nSPS) is 10.9. The van der Waals surface area contributed by atoms with Gasteiger partial charge in [0.2, 0.25) is 0 Å². The van der Waals surface area contributed by atoms with Crippen LogP contribution in [0.3, 0.4) is 0 Å². The Morgan fingerprint density at radius 2 is 2.00 bits per heavy atom. The van der Waals surface area contributed by atoms with Gasteiger partial charge in [0, 0.05) is 15.1 Å². The van der Waals surface area contributed by atoms with Crippen LogP contribution in [0.15, 0.2) is 63.5 Å². The molecule has 110 valence electrons. The standard InChI is InChI=1S/C17H13BrN2OS/c1-22-16-7-5-12(6-8-16)9-13(11-19)17(21)20-15-4-2-3-14(18)10-15/h2-10H,1H3,(H,20,21)/b13-9+. The van der Waals surface area contributed by atoms with Crippen molar-refractivity contribution in [3.63, 3.8) is 0 Å². The Morgan fingerprint density at radius 3 is 2.59 bits per heavy atom. The number of hydrogen-bond donors (Lipinski definition) is 1. The lowest BCUT2D eigenvalue weighted by Gasteiger charge is -2.05. The number of nitrogens with one attached hydrogen (secondary N) is 1. The molecule has 0 atom stereocenters. The van der Waals surface area contributed by atoms with E-state index in [1.165, 1.54) is 0 Å². The van der Waals surface area contributed by atoms with Gasteiger partial charge in [-0.3, -0.25) is 4.79 Å². The maximum Gasteiger partial charge on any atom is 0.266 e. The number of carbonyl (C=O) groups is 1. The first kappa shape index (κ1) is 16.3. The summed E-state index contributed by atoms with van der Waals surface area (Å²) in [6, 6.07) is 16.9. The van der Waals surface area contributed by atoms with E-state index in [-0.39, 0.29) is 5.57 Å². The molecule has 0 aliphatic carbocycles. The number of anilines is 1. The van der Waals surface area contributed by atoms with Gasteiger partial charge >= 0.3 is 0 Å². The number of benzene rings is 2. The van der Waals surface area contributed by atoms with Gasteiger partial charge in [-0.25, -0.2) is 0 Å². The minimum absolute atomic E-state index is 0.0666. The smallest absolute Gasteiger partial charge is 0.266 e. The largest absolute Gasteiger partial charge is 0.321 e. The molecule has 0 saturated carbocycles. The van der Waals surface area contributed by atoms with E-state index in [1.807, 2.05) is 48.7 Å². The number of thioether (sulfide) groups is 1. The number of rotatable bonds is 4. The topological polar surface area (TPSA) is 52.9 Å². The van der Waals surface area contributed by atoms with Crippen LogP contribution in [0, 0.1) is 11.3 Å². The Balaban J connectivity index is 2.17. The van der Waals surface area contributed by atoms with Crippen molar-refractivity contribution in [2.24, 2.45) is 0 Å². The third-order valence-corrected chi connectivity index (χ3v) is 4.11. The van der Waals surface area contributed by atoms with Crippen LogP contribution >= 0.6 is 27.7 Å². The average Bonchev–Trinajstić information content (AvgIpc) is 2.53. The summed E-state index contributed by atoms with van der Waals surface area (Å²) in [5.74, 6) is -0.422. The summed E-state index contributed by atoms with van der Waals surface area (Å²) in [7, 11) is 0. The van der Waals surface area contributed by atoms with Gasteiger partial charge in [0.25, 0.3) is 5.91 Å². The summed E-state index contributed by atoms with van der Waals surface area (Å²) >= 11 is 4.98. The lowest BCUT2D eigenvalue weighted by atomic mass is 10.1. The molecular formula is C17H13BrN2OS. The van der Waals surface area contributed by atoms with Gasteiger partial charge in [0.15, 0.2) is 0 Å². The molecule has 0 heterocycles. The Bertz CT molecular complexity index is 748. The summed E-state index contributed by atoms with van der Waals surface area (Å²) in [5, 5.41) is 11.9. The fraction of sp³-hybridized carbons (Fsp3) is 0.0588. The molecule has 2 aromatic carbocycles. The lowest BCUT2D eigenvalue weighted by Crippen LogP contribution is -2.13. The zero-order chi connectivity index (χ0) is 15.9.